The Hall–Kier alpha value is -3.38. The molecule has 3 aromatic rings. The Bertz CT molecular complexity index is 958. The van der Waals surface area contributed by atoms with Crippen LogP contribution in [0.25, 0.3) is 11.3 Å². The van der Waals surface area contributed by atoms with Crippen molar-refractivity contribution in [3.63, 3.8) is 0 Å². The highest BCUT2D eigenvalue weighted by Crippen LogP contribution is 2.21. The SMILES string of the molecule is C(#CC1C=CC=C1)c1c(-c2ccccc2)nnn1Cc1ccccc1. The van der Waals surface area contributed by atoms with Gasteiger partial charge in [0.25, 0.3) is 0 Å². The van der Waals surface area contributed by atoms with Gasteiger partial charge in [0.05, 0.1) is 12.5 Å². The second-order valence-corrected chi connectivity index (χ2v) is 5.86. The molecule has 0 saturated carbocycles. The fourth-order valence-corrected chi connectivity index (χ4v) is 2.77. The van der Waals surface area contributed by atoms with Gasteiger partial charge in [0.15, 0.2) is 0 Å². The van der Waals surface area contributed by atoms with Crippen molar-refractivity contribution >= 4 is 0 Å². The predicted molar refractivity (Wildman–Crippen MR) is 99.7 cm³/mol. The quantitative estimate of drug-likeness (QED) is 0.680. The maximum atomic E-state index is 4.40. The molecule has 0 atom stereocenters. The highest BCUT2D eigenvalue weighted by Gasteiger charge is 2.13. The summed E-state index contributed by atoms with van der Waals surface area (Å²) in [4.78, 5) is 0. The topological polar surface area (TPSA) is 30.7 Å². The van der Waals surface area contributed by atoms with E-state index in [1.807, 2.05) is 65.4 Å². The van der Waals surface area contributed by atoms with Crippen LogP contribution in [0.3, 0.4) is 0 Å². The molecular formula is C22H17N3. The summed E-state index contributed by atoms with van der Waals surface area (Å²) >= 11 is 0. The summed E-state index contributed by atoms with van der Waals surface area (Å²) in [5.41, 5.74) is 3.89. The van der Waals surface area contributed by atoms with E-state index in [-0.39, 0.29) is 5.92 Å². The standard InChI is InChI=1S/C22H17N3/c1-3-11-19(12-4-1)17-25-21(16-15-18-9-7-8-10-18)22(23-24-25)20-13-5-2-6-14-20/h1-14,18H,17H2. The molecule has 0 fully saturated rings. The summed E-state index contributed by atoms with van der Waals surface area (Å²) in [6.07, 6.45) is 8.22. The molecule has 0 aliphatic heterocycles. The summed E-state index contributed by atoms with van der Waals surface area (Å²) in [5, 5.41) is 8.76. The van der Waals surface area contributed by atoms with Crippen molar-refractivity contribution in [1.29, 1.82) is 0 Å². The number of rotatable bonds is 3. The van der Waals surface area contributed by atoms with E-state index in [4.69, 9.17) is 0 Å². The largest absolute Gasteiger partial charge is 0.232 e. The van der Waals surface area contributed by atoms with Gasteiger partial charge in [-0.15, -0.1) is 5.10 Å². The van der Waals surface area contributed by atoms with E-state index in [2.05, 4.69) is 46.4 Å². The normalized spacial score (nSPS) is 13.0. The lowest BCUT2D eigenvalue weighted by molar-refractivity contribution is 0.643. The Morgan fingerprint density at radius 3 is 2.28 bits per heavy atom. The van der Waals surface area contributed by atoms with Crippen LogP contribution in [0.4, 0.5) is 0 Å². The average molecular weight is 323 g/mol. The Morgan fingerprint density at radius 2 is 1.56 bits per heavy atom. The van der Waals surface area contributed by atoms with Gasteiger partial charge in [-0.1, -0.05) is 96.1 Å². The van der Waals surface area contributed by atoms with Gasteiger partial charge in [-0.05, 0) is 11.5 Å². The van der Waals surface area contributed by atoms with Crippen LogP contribution in [0.15, 0.2) is 85.0 Å². The van der Waals surface area contributed by atoms with Crippen molar-refractivity contribution in [2.24, 2.45) is 5.92 Å². The van der Waals surface area contributed by atoms with E-state index in [1.54, 1.807) is 0 Å². The van der Waals surface area contributed by atoms with E-state index in [9.17, 15) is 0 Å². The fraction of sp³-hybridized carbons (Fsp3) is 0.0909. The van der Waals surface area contributed by atoms with Crippen molar-refractivity contribution in [2.75, 3.05) is 0 Å². The van der Waals surface area contributed by atoms with Crippen LogP contribution in [-0.4, -0.2) is 15.0 Å². The number of hydrogen-bond donors (Lipinski definition) is 0. The molecule has 0 N–H and O–H groups in total. The molecular weight excluding hydrogens is 306 g/mol. The van der Waals surface area contributed by atoms with Crippen LogP contribution in [0, 0.1) is 17.8 Å². The first-order valence-electron chi connectivity index (χ1n) is 8.29. The molecule has 1 aromatic heterocycles. The first-order valence-corrected chi connectivity index (χ1v) is 8.29. The van der Waals surface area contributed by atoms with Crippen LogP contribution in [0.2, 0.25) is 0 Å². The van der Waals surface area contributed by atoms with Crippen LogP contribution in [0.5, 0.6) is 0 Å². The van der Waals surface area contributed by atoms with Gasteiger partial charge in [0, 0.05) is 5.56 Å². The molecule has 0 saturated heterocycles. The van der Waals surface area contributed by atoms with Gasteiger partial charge >= 0.3 is 0 Å². The summed E-state index contributed by atoms with van der Waals surface area (Å²) < 4.78 is 1.88. The second kappa shape index (κ2) is 7.02. The lowest BCUT2D eigenvalue weighted by Gasteiger charge is -2.04. The molecule has 0 amide bonds. The minimum atomic E-state index is 0.156. The summed E-state index contributed by atoms with van der Waals surface area (Å²) in [7, 11) is 0. The molecule has 1 aliphatic rings. The van der Waals surface area contributed by atoms with Gasteiger partial charge in [-0.3, -0.25) is 0 Å². The van der Waals surface area contributed by atoms with E-state index in [1.165, 1.54) is 5.56 Å². The molecule has 25 heavy (non-hydrogen) atoms. The van der Waals surface area contributed by atoms with Crippen LogP contribution in [-0.2, 0) is 6.54 Å². The Balaban J connectivity index is 1.74. The molecule has 0 radical (unpaired) electrons. The lowest BCUT2D eigenvalue weighted by atomic mass is 10.1. The molecule has 1 heterocycles. The second-order valence-electron chi connectivity index (χ2n) is 5.86. The Kier molecular flexibility index (Phi) is 4.26. The molecule has 3 heteroatoms. The smallest absolute Gasteiger partial charge is 0.139 e. The Labute approximate surface area is 147 Å². The highest BCUT2D eigenvalue weighted by atomic mass is 15.4. The molecule has 120 valence electrons. The van der Waals surface area contributed by atoms with Gasteiger partial charge in [-0.2, -0.15) is 0 Å². The monoisotopic (exact) mass is 323 g/mol. The number of aromatic nitrogens is 3. The zero-order valence-corrected chi connectivity index (χ0v) is 13.7. The van der Waals surface area contributed by atoms with Crippen LogP contribution >= 0.6 is 0 Å². The summed E-state index contributed by atoms with van der Waals surface area (Å²) in [5.74, 6) is 6.76. The third-order valence-electron chi connectivity index (χ3n) is 4.06. The van der Waals surface area contributed by atoms with Crippen LogP contribution < -0.4 is 0 Å². The third kappa shape index (κ3) is 3.44. The lowest BCUT2D eigenvalue weighted by Crippen LogP contribution is -2.05. The molecule has 3 nitrogen and oxygen atoms in total. The number of hydrogen-bond acceptors (Lipinski definition) is 2. The van der Waals surface area contributed by atoms with Crippen molar-refractivity contribution in [1.82, 2.24) is 15.0 Å². The van der Waals surface area contributed by atoms with Crippen molar-refractivity contribution in [3.05, 3.63) is 96.2 Å². The molecule has 0 bridgehead atoms. The maximum Gasteiger partial charge on any atom is 0.139 e. The van der Waals surface area contributed by atoms with Crippen molar-refractivity contribution in [2.45, 2.75) is 6.54 Å². The minimum absolute atomic E-state index is 0.156. The van der Waals surface area contributed by atoms with E-state index in [0.717, 1.165) is 17.0 Å². The van der Waals surface area contributed by atoms with Crippen molar-refractivity contribution < 1.29 is 0 Å². The first kappa shape index (κ1) is 15.2. The van der Waals surface area contributed by atoms with Gasteiger partial charge < -0.3 is 0 Å². The van der Waals surface area contributed by atoms with Gasteiger partial charge in [0.1, 0.15) is 11.4 Å². The fourth-order valence-electron chi connectivity index (χ4n) is 2.77. The third-order valence-corrected chi connectivity index (χ3v) is 4.06. The zero-order valence-electron chi connectivity index (χ0n) is 13.7. The highest BCUT2D eigenvalue weighted by molar-refractivity contribution is 5.65. The van der Waals surface area contributed by atoms with Crippen LogP contribution in [0.1, 0.15) is 11.3 Å². The molecule has 4 rings (SSSR count). The summed E-state index contributed by atoms with van der Waals surface area (Å²) in [6, 6.07) is 20.3. The van der Waals surface area contributed by atoms with Crippen molar-refractivity contribution in [3.8, 4) is 23.1 Å². The number of benzene rings is 2. The first-order chi connectivity index (χ1) is 12.4. The Morgan fingerprint density at radius 1 is 0.880 bits per heavy atom. The molecule has 2 aromatic carbocycles. The van der Waals surface area contributed by atoms with Gasteiger partial charge in [0.2, 0.25) is 0 Å². The minimum Gasteiger partial charge on any atom is -0.232 e. The van der Waals surface area contributed by atoms with E-state index >= 15 is 0 Å². The number of allylic oxidation sites excluding steroid dienone is 4. The van der Waals surface area contributed by atoms with E-state index < -0.39 is 0 Å². The number of nitrogens with zero attached hydrogens (tertiary/aromatic N) is 3. The summed E-state index contributed by atoms with van der Waals surface area (Å²) in [6.45, 7) is 0.654. The van der Waals surface area contributed by atoms with E-state index in [0.29, 0.717) is 6.54 Å². The predicted octanol–water partition coefficient (Wildman–Crippen LogP) is 4.09. The molecule has 0 unspecified atom stereocenters. The zero-order chi connectivity index (χ0) is 16.9. The molecule has 1 aliphatic carbocycles. The molecule has 0 spiro atoms. The van der Waals surface area contributed by atoms with Gasteiger partial charge in [-0.25, -0.2) is 4.68 Å². The average Bonchev–Trinajstić information content (AvgIpc) is 3.31. The maximum absolute atomic E-state index is 4.40.